The maximum Gasteiger partial charge on any atom is 0.199 e. The molecule has 0 radical (unpaired) electrons. The summed E-state index contributed by atoms with van der Waals surface area (Å²) in [6.07, 6.45) is 0. The van der Waals surface area contributed by atoms with Crippen LogP contribution in [0.4, 0.5) is 0 Å². The van der Waals surface area contributed by atoms with Gasteiger partial charge >= 0.3 is 0 Å². The first kappa shape index (κ1) is 8.00. The van der Waals surface area contributed by atoms with E-state index in [0.29, 0.717) is 6.04 Å². The Bertz CT molecular complexity index is 159. The van der Waals surface area contributed by atoms with Gasteiger partial charge in [0.2, 0.25) is 0 Å². The van der Waals surface area contributed by atoms with E-state index >= 15 is 0 Å². The van der Waals surface area contributed by atoms with E-state index < -0.39 is 0 Å². The van der Waals surface area contributed by atoms with E-state index in [1.54, 1.807) is 0 Å². The Morgan fingerprint density at radius 1 is 1.60 bits per heavy atom. The summed E-state index contributed by atoms with van der Waals surface area (Å²) >= 11 is 0. The topological polar surface area (TPSA) is 21.6 Å². The van der Waals surface area contributed by atoms with Crippen molar-refractivity contribution in [3.8, 4) is 0 Å². The van der Waals surface area contributed by atoms with Crippen molar-refractivity contribution in [3.05, 3.63) is 0 Å². The monoisotopic (exact) mass is 159 g/mol. The lowest BCUT2D eigenvalue weighted by atomic mass is 9.88. The fourth-order valence-corrected chi connectivity index (χ4v) is 1.11. The molecular weight excluding hydrogens is 145 g/mol. The second kappa shape index (κ2) is 2.50. The van der Waals surface area contributed by atoms with Crippen LogP contribution in [0.3, 0.4) is 0 Å². The first-order valence-electron chi connectivity index (χ1n) is 3.46. The van der Waals surface area contributed by atoms with Crippen LogP contribution in [0.5, 0.6) is 0 Å². The average Bonchev–Trinajstić information content (AvgIpc) is 2.11. The zero-order valence-corrected chi connectivity index (χ0v) is 7.87. The highest BCUT2D eigenvalue weighted by molar-refractivity contribution is 7.39. The number of aliphatic imine (C=N–C) groups is 1. The Labute approximate surface area is 64.3 Å². The zero-order valence-electron chi connectivity index (χ0n) is 6.72. The summed E-state index contributed by atoms with van der Waals surface area (Å²) in [6.45, 7) is 7.26. The van der Waals surface area contributed by atoms with Crippen molar-refractivity contribution >= 4 is 14.9 Å². The molecule has 2 atom stereocenters. The highest BCUT2D eigenvalue weighted by Gasteiger charge is 2.28. The molecule has 58 valence electrons. The van der Waals surface area contributed by atoms with Crippen LogP contribution in [-0.4, -0.2) is 18.3 Å². The smallest absolute Gasteiger partial charge is 0.199 e. The molecule has 0 amide bonds. The molecule has 1 heterocycles. The van der Waals surface area contributed by atoms with Crippen molar-refractivity contribution in [2.45, 2.75) is 26.8 Å². The molecule has 0 saturated carbocycles. The molecule has 2 nitrogen and oxygen atoms in total. The first-order valence-corrected chi connectivity index (χ1v) is 4.04. The van der Waals surface area contributed by atoms with Gasteiger partial charge in [0.1, 0.15) is 6.61 Å². The van der Waals surface area contributed by atoms with E-state index in [1.807, 2.05) is 0 Å². The molecule has 0 saturated heterocycles. The number of rotatable bonds is 0. The van der Waals surface area contributed by atoms with Gasteiger partial charge in [0.15, 0.2) is 5.64 Å². The summed E-state index contributed by atoms with van der Waals surface area (Å²) in [7, 11) is 2.48. The minimum atomic E-state index is 0.234. The van der Waals surface area contributed by atoms with Crippen molar-refractivity contribution in [1.29, 1.82) is 0 Å². The van der Waals surface area contributed by atoms with Gasteiger partial charge in [-0.3, -0.25) is 0 Å². The van der Waals surface area contributed by atoms with Crippen molar-refractivity contribution in [1.82, 2.24) is 0 Å². The van der Waals surface area contributed by atoms with Gasteiger partial charge in [-0.1, -0.05) is 20.8 Å². The van der Waals surface area contributed by atoms with Crippen LogP contribution in [0, 0.1) is 5.41 Å². The molecule has 0 N–H and O–H groups in total. The lowest BCUT2D eigenvalue weighted by Crippen LogP contribution is -2.25. The fourth-order valence-electron chi connectivity index (χ4n) is 0.836. The van der Waals surface area contributed by atoms with Gasteiger partial charge in [0.25, 0.3) is 0 Å². The molecule has 0 aromatic carbocycles. The van der Waals surface area contributed by atoms with E-state index in [2.05, 4.69) is 35.0 Å². The molecule has 0 bridgehead atoms. The van der Waals surface area contributed by atoms with Crippen LogP contribution in [0.2, 0.25) is 0 Å². The molecule has 0 spiro atoms. The number of hydrogen-bond acceptors (Lipinski definition) is 2. The average molecular weight is 159 g/mol. The van der Waals surface area contributed by atoms with Gasteiger partial charge in [-0.15, -0.1) is 0 Å². The van der Waals surface area contributed by atoms with E-state index in [4.69, 9.17) is 4.74 Å². The second-order valence-electron chi connectivity index (χ2n) is 3.66. The maximum absolute atomic E-state index is 5.20. The quantitative estimate of drug-likeness (QED) is 0.492. The van der Waals surface area contributed by atoms with Crippen LogP contribution in [0.15, 0.2) is 4.99 Å². The van der Waals surface area contributed by atoms with Crippen LogP contribution >= 0.6 is 9.24 Å². The van der Waals surface area contributed by atoms with E-state index in [9.17, 15) is 0 Å². The third-order valence-electron chi connectivity index (χ3n) is 1.67. The molecule has 0 aromatic rings. The maximum atomic E-state index is 5.20. The van der Waals surface area contributed by atoms with Gasteiger partial charge in [-0.2, -0.15) is 0 Å². The van der Waals surface area contributed by atoms with E-state index in [-0.39, 0.29) is 5.41 Å². The molecular formula is C7H14NOP. The summed E-state index contributed by atoms with van der Waals surface area (Å²) in [5.41, 5.74) is 0.984. The van der Waals surface area contributed by atoms with Crippen LogP contribution in [0.25, 0.3) is 0 Å². The van der Waals surface area contributed by atoms with Gasteiger partial charge in [0.05, 0.1) is 6.04 Å². The third kappa shape index (κ3) is 1.69. The molecule has 1 aliphatic rings. The predicted octanol–water partition coefficient (Wildman–Crippen LogP) is 1.66. The van der Waals surface area contributed by atoms with Crippen molar-refractivity contribution in [2.24, 2.45) is 10.4 Å². The van der Waals surface area contributed by atoms with Crippen LogP contribution in [-0.2, 0) is 4.74 Å². The molecule has 0 aliphatic carbocycles. The Morgan fingerprint density at radius 3 is 2.40 bits per heavy atom. The standard InChI is InChI=1S/C7H14NOP/c1-7(2,3)5-4-9-6(10)8-5/h5H,4,10H2,1-3H3/t5-/m1/s1. The van der Waals surface area contributed by atoms with Gasteiger partial charge in [-0.25, -0.2) is 4.99 Å². The molecule has 0 fully saturated rings. The van der Waals surface area contributed by atoms with E-state index in [1.165, 1.54) is 0 Å². The Kier molecular flexibility index (Phi) is 2.00. The van der Waals surface area contributed by atoms with Gasteiger partial charge in [0, 0.05) is 0 Å². The third-order valence-corrected chi connectivity index (χ3v) is 1.99. The predicted molar refractivity (Wildman–Crippen MR) is 46.3 cm³/mol. The van der Waals surface area contributed by atoms with E-state index in [0.717, 1.165) is 12.2 Å². The lowest BCUT2D eigenvalue weighted by Gasteiger charge is -2.21. The normalized spacial score (nSPS) is 26.0. The van der Waals surface area contributed by atoms with Crippen LogP contribution < -0.4 is 0 Å². The first-order chi connectivity index (χ1) is 4.50. The van der Waals surface area contributed by atoms with Crippen molar-refractivity contribution in [3.63, 3.8) is 0 Å². The highest BCUT2D eigenvalue weighted by Crippen LogP contribution is 2.26. The molecule has 0 aromatic heterocycles. The molecule has 1 aliphatic heterocycles. The summed E-state index contributed by atoms with van der Waals surface area (Å²) in [6, 6.07) is 0.333. The molecule has 1 rings (SSSR count). The minimum Gasteiger partial charge on any atom is -0.476 e. The second-order valence-corrected chi connectivity index (χ2v) is 4.15. The van der Waals surface area contributed by atoms with Crippen molar-refractivity contribution < 1.29 is 4.74 Å². The van der Waals surface area contributed by atoms with Crippen LogP contribution in [0.1, 0.15) is 20.8 Å². The van der Waals surface area contributed by atoms with Gasteiger partial charge in [-0.05, 0) is 14.7 Å². The Hall–Kier alpha value is -0.100. The zero-order chi connectivity index (χ0) is 7.78. The highest BCUT2D eigenvalue weighted by atomic mass is 31.0. The summed E-state index contributed by atoms with van der Waals surface area (Å²) < 4.78 is 5.20. The molecule has 1 unspecified atom stereocenters. The largest absolute Gasteiger partial charge is 0.476 e. The number of nitrogens with zero attached hydrogens (tertiary/aromatic N) is 1. The number of hydrogen-bond donors (Lipinski definition) is 0. The molecule has 3 heteroatoms. The van der Waals surface area contributed by atoms with Gasteiger partial charge < -0.3 is 4.74 Å². The van der Waals surface area contributed by atoms with Crippen molar-refractivity contribution in [2.75, 3.05) is 6.61 Å². The Morgan fingerprint density at radius 2 is 2.20 bits per heavy atom. The lowest BCUT2D eigenvalue weighted by molar-refractivity contribution is 0.238. The Balaban J connectivity index is 2.61. The number of ether oxygens (including phenoxy) is 1. The summed E-state index contributed by atoms with van der Waals surface area (Å²) in [4.78, 5) is 4.32. The minimum absolute atomic E-state index is 0.234. The fraction of sp³-hybridized carbons (Fsp3) is 0.857. The summed E-state index contributed by atoms with van der Waals surface area (Å²) in [5, 5.41) is 0. The molecule has 10 heavy (non-hydrogen) atoms. The summed E-state index contributed by atoms with van der Waals surface area (Å²) in [5.74, 6) is 0. The SMILES string of the molecule is CC(C)(C)[C@H]1COC(P)=N1.